The summed E-state index contributed by atoms with van der Waals surface area (Å²) >= 11 is 0. The van der Waals surface area contributed by atoms with Crippen LogP contribution in [0.2, 0.25) is 0 Å². The number of carbonyl (C=O) groups excluding carboxylic acids is 1. The van der Waals surface area contributed by atoms with Gasteiger partial charge in [0.25, 0.3) is 0 Å². The Hall–Kier alpha value is -1.54. The molecule has 16 nitrogen and oxygen atoms in total. The number of methoxy groups -OCH3 is 2. The van der Waals surface area contributed by atoms with Gasteiger partial charge in [-0.05, 0) is 74.9 Å². The summed E-state index contributed by atoms with van der Waals surface area (Å²) < 4.78 is 43.1. The van der Waals surface area contributed by atoms with E-state index in [-0.39, 0.29) is 31.4 Å². The van der Waals surface area contributed by atoms with Crippen LogP contribution < -0.4 is 0 Å². The molecule has 0 aromatic heterocycles. The second-order valence-corrected chi connectivity index (χ2v) is 18.3. The van der Waals surface area contributed by atoms with Crippen LogP contribution in [0.15, 0.2) is 5.16 Å². The molecule has 0 unspecified atom stereocenters. The lowest BCUT2D eigenvalue weighted by atomic mass is 9.73. The Kier molecular flexibility index (Phi) is 17.0. The van der Waals surface area contributed by atoms with Gasteiger partial charge in [0, 0.05) is 58.3 Å². The van der Waals surface area contributed by atoms with E-state index in [1.54, 1.807) is 62.3 Å². The van der Waals surface area contributed by atoms with E-state index in [9.17, 15) is 30.3 Å². The lowest BCUT2D eigenvalue weighted by Crippen LogP contribution is -2.61. The first kappa shape index (κ1) is 49.8. The monoisotopic (exact) mass is 821 g/mol. The fraction of sp³-hybridized carbons (Fsp3) is 0.951. The number of cyclic esters (lactones) is 1. The molecule has 3 aliphatic rings. The first-order valence-electron chi connectivity index (χ1n) is 20.5. The second kappa shape index (κ2) is 19.4. The highest BCUT2D eigenvalue weighted by molar-refractivity contribution is 5.88. The fourth-order valence-corrected chi connectivity index (χ4v) is 8.79. The first-order valence-corrected chi connectivity index (χ1v) is 20.5. The second-order valence-electron chi connectivity index (χ2n) is 18.3. The summed E-state index contributed by atoms with van der Waals surface area (Å²) in [7, 11) is 6.69. The van der Waals surface area contributed by atoms with Gasteiger partial charge in [-0.15, -0.1) is 0 Å². The molecule has 0 aromatic rings. The zero-order valence-corrected chi connectivity index (χ0v) is 37.3. The quantitative estimate of drug-likeness (QED) is 0.122. The summed E-state index contributed by atoms with van der Waals surface area (Å²) in [6, 6.07) is -0.325. The molecular formula is C41H76N2O14. The molecule has 0 aromatic carbocycles. The summed E-state index contributed by atoms with van der Waals surface area (Å²) in [5.41, 5.74) is -4.48. The van der Waals surface area contributed by atoms with Crippen molar-refractivity contribution >= 4 is 11.7 Å². The number of aliphatic hydroxyl groups excluding tert-OH is 3. The molecule has 0 saturated carbocycles. The number of hydrogen-bond donors (Lipinski definition) is 5. The maximum atomic E-state index is 14.3. The van der Waals surface area contributed by atoms with E-state index in [1.807, 2.05) is 32.8 Å². The van der Waals surface area contributed by atoms with Gasteiger partial charge in [-0.3, -0.25) is 4.79 Å². The van der Waals surface area contributed by atoms with Crippen LogP contribution in [-0.4, -0.2) is 160 Å². The number of nitrogens with zero attached hydrogens (tertiary/aromatic N) is 2. The highest BCUT2D eigenvalue weighted by atomic mass is 16.8. The summed E-state index contributed by atoms with van der Waals surface area (Å²) in [4.78, 5) is 22.1. The van der Waals surface area contributed by atoms with Crippen molar-refractivity contribution in [1.82, 2.24) is 4.90 Å². The molecule has 57 heavy (non-hydrogen) atoms. The molecule has 0 spiro atoms. The molecule has 5 N–H and O–H groups in total. The molecule has 0 radical (unpaired) electrons. The summed E-state index contributed by atoms with van der Waals surface area (Å²) in [6.45, 7) is 20.3. The van der Waals surface area contributed by atoms with Crippen LogP contribution in [0.3, 0.4) is 0 Å². The minimum absolute atomic E-state index is 0.0278. The van der Waals surface area contributed by atoms with Crippen molar-refractivity contribution in [3.63, 3.8) is 0 Å². The molecule has 0 amide bonds. The van der Waals surface area contributed by atoms with E-state index >= 15 is 0 Å². The molecule has 3 aliphatic heterocycles. The molecule has 3 heterocycles. The van der Waals surface area contributed by atoms with Crippen LogP contribution in [-0.2, 0) is 42.8 Å². The third-order valence-electron chi connectivity index (χ3n) is 12.7. The van der Waals surface area contributed by atoms with Crippen molar-refractivity contribution in [3.8, 4) is 0 Å². The van der Waals surface area contributed by atoms with Crippen LogP contribution >= 0.6 is 0 Å². The molecule has 0 aliphatic carbocycles. The average molecular weight is 821 g/mol. The number of esters is 1. The maximum absolute atomic E-state index is 14.3. The number of ether oxygens (including phenoxy) is 7. The molecule has 3 fully saturated rings. The van der Waals surface area contributed by atoms with Gasteiger partial charge < -0.3 is 68.4 Å². The first-order chi connectivity index (χ1) is 26.2. The molecule has 0 bridgehead atoms. The van der Waals surface area contributed by atoms with Crippen LogP contribution in [0.5, 0.6) is 0 Å². The summed E-state index contributed by atoms with van der Waals surface area (Å²) in [5, 5.41) is 63.7. The SMILES string of the molecule is CC[C@H]1OC(=O)[C@H](C)[C@@H](O[C@H]2C[C@@](C)(OC)[C@@H](O)[C@@H](C)O2)[C@H](C)[C@@H](O[C@@H]2O[C@H](C)C[C@@H](N(C)C)[C@H]2O)[C@](C)(O)C[C@@H](C)/C(=N\OC(C)(C)OC)[C@H](C)[C@@H](O)[C@]1(C)O. The number of aliphatic hydroxyl groups is 5. The minimum atomic E-state index is -1.96. The van der Waals surface area contributed by atoms with Crippen molar-refractivity contribution in [2.75, 3.05) is 28.3 Å². The van der Waals surface area contributed by atoms with Crippen molar-refractivity contribution in [3.05, 3.63) is 0 Å². The zero-order valence-electron chi connectivity index (χ0n) is 37.3. The highest BCUT2D eigenvalue weighted by Gasteiger charge is 2.53. The summed E-state index contributed by atoms with van der Waals surface area (Å²) in [6.07, 6.45) is -9.46. The third-order valence-corrected chi connectivity index (χ3v) is 12.7. The number of hydrogen-bond acceptors (Lipinski definition) is 16. The van der Waals surface area contributed by atoms with E-state index in [0.29, 0.717) is 12.1 Å². The minimum Gasteiger partial charge on any atom is -0.459 e. The van der Waals surface area contributed by atoms with Gasteiger partial charge in [0.1, 0.15) is 23.9 Å². The zero-order chi connectivity index (χ0) is 43.6. The Balaban J connectivity index is 2.27. The highest BCUT2D eigenvalue weighted by Crippen LogP contribution is 2.41. The largest absolute Gasteiger partial charge is 0.459 e. The molecular weight excluding hydrogens is 744 g/mol. The Morgan fingerprint density at radius 3 is 2.07 bits per heavy atom. The van der Waals surface area contributed by atoms with Gasteiger partial charge in [0.2, 0.25) is 5.79 Å². The van der Waals surface area contributed by atoms with Crippen molar-refractivity contribution in [1.29, 1.82) is 0 Å². The smallest absolute Gasteiger partial charge is 0.311 e. The Labute approximate surface area is 340 Å². The van der Waals surface area contributed by atoms with Crippen LogP contribution in [0.1, 0.15) is 109 Å². The van der Waals surface area contributed by atoms with Crippen LogP contribution in [0, 0.1) is 23.7 Å². The lowest BCUT2D eigenvalue weighted by Gasteiger charge is -2.49. The fourth-order valence-electron chi connectivity index (χ4n) is 8.79. The number of likely N-dealkylation sites (N-methyl/N-ethyl adjacent to an activating group) is 1. The molecule has 334 valence electrons. The van der Waals surface area contributed by atoms with Crippen molar-refractivity contribution in [2.45, 2.75) is 199 Å². The standard InChI is InChI=1S/C41H76N2O14/c1-17-28-41(12,49)33(45)23(4)30(42-57-38(8,9)50-15)21(2)19-39(10,48)35(56-37-31(44)27(43(13)14)18-22(3)52-37)24(5)32(25(6)36(47)54-28)55-29-20-40(11,51-16)34(46)26(7)53-29/h21-29,31-35,37,44-46,48-49H,17-20H2,1-16H3/b42-30+/t21-,22-,23+,24+,25-,26-,27-,28-,29+,31-,32+,33-,34+,35-,37+,39-,40-,41-/m1/s1. The van der Waals surface area contributed by atoms with Gasteiger partial charge in [-0.2, -0.15) is 0 Å². The van der Waals surface area contributed by atoms with E-state index in [2.05, 4.69) is 5.16 Å². The van der Waals surface area contributed by atoms with Crippen molar-refractivity contribution in [2.24, 2.45) is 28.8 Å². The summed E-state index contributed by atoms with van der Waals surface area (Å²) in [5.74, 6) is -5.29. The maximum Gasteiger partial charge on any atom is 0.311 e. The predicted molar refractivity (Wildman–Crippen MR) is 211 cm³/mol. The topological polar surface area (TPSA) is 208 Å². The Bertz CT molecular complexity index is 1330. The van der Waals surface area contributed by atoms with E-state index in [0.717, 1.165) is 0 Å². The van der Waals surface area contributed by atoms with Gasteiger partial charge in [-0.25, -0.2) is 0 Å². The number of rotatable bonds is 10. The Morgan fingerprint density at radius 2 is 1.53 bits per heavy atom. The number of oxime groups is 1. The van der Waals surface area contributed by atoms with E-state index in [1.165, 1.54) is 21.1 Å². The van der Waals surface area contributed by atoms with Gasteiger partial charge in [0.05, 0.1) is 53.4 Å². The Morgan fingerprint density at radius 1 is 0.912 bits per heavy atom. The average Bonchev–Trinajstić information content (AvgIpc) is 3.13. The molecule has 3 rings (SSSR count). The van der Waals surface area contributed by atoms with E-state index in [4.69, 9.17) is 38.0 Å². The number of carbonyl (C=O) groups is 1. The molecule has 3 saturated heterocycles. The lowest BCUT2D eigenvalue weighted by molar-refractivity contribution is -0.317. The van der Waals surface area contributed by atoms with Crippen LogP contribution in [0.25, 0.3) is 0 Å². The van der Waals surface area contributed by atoms with Crippen LogP contribution in [0.4, 0.5) is 0 Å². The third kappa shape index (κ3) is 11.4. The molecule has 16 heteroatoms. The van der Waals surface area contributed by atoms with E-state index < -0.39 is 108 Å². The van der Waals surface area contributed by atoms with Crippen molar-refractivity contribution < 1.29 is 68.3 Å². The normalized spacial score (nSPS) is 46.7. The predicted octanol–water partition coefficient (Wildman–Crippen LogP) is 2.97. The van der Waals surface area contributed by atoms with Gasteiger partial charge in [-0.1, -0.05) is 32.9 Å². The van der Waals surface area contributed by atoms with Gasteiger partial charge in [0.15, 0.2) is 12.6 Å². The van der Waals surface area contributed by atoms with Gasteiger partial charge >= 0.3 is 5.97 Å². The molecule has 18 atom stereocenters.